The van der Waals surface area contributed by atoms with Gasteiger partial charge in [-0.15, -0.1) is 23.6 Å². The zero-order valence-electron chi connectivity index (χ0n) is 23.1. The third-order valence-electron chi connectivity index (χ3n) is 8.77. The number of benzene rings is 2. The summed E-state index contributed by atoms with van der Waals surface area (Å²) in [6, 6.07) is 19.8. The number of rotatable bonds is 5. The number of likely N-dealkylation sites (tertiary alicyclic amines) is 1. The smallest absolute Gasteiger partial charge is 0.153 e. The number of hydrogen-bond acceptors (Lipinski definition) is 6. The van der Waals surface area contributed by atoms with Crippen LogP contribution in [0.25, 0.3) is 38.9 Å². The van der Waals surface area contributed by atoms with Crippen molar-refractivity contribution in [3.8, 4) is 22.5 Å². The molecule has 2 aromatic carbocycles. The van der Waals surface area contributed by atoms with Crippen LogP contribution in [0.4, 0.5) is 5.82 Å². The Kier molecular flexibility index (Phi) is 7.98. The number of fused-ring (bicyclic) bond motifs is 2. The van der Waals surface area contributed by atoms with Gasteiger partial charge in [-0.1, -0.05) is 42.0 Å². The van der Waals surface area contributed by atoms with Gasteiger partial charge in [0, 0.05) is 45.2 Å². The van der Waals surface area contributed by atoms with Crippen LogP contribution in [0.3, 0.4) is 0 Å². The van der Waals surface area contributed by atoms with E-state index >= 15 is 0 Å². The van der Waals surface area contributed by atoms with Crippen molar-refractivity contribution in [2.24, 2.45) is 5.92 Å². The summed E-state index contributed by atoms with van der Waals surface area (Å²) < 4.78 is 1.95. The summed E-state index contributed by atoms with van der Waals surface area (Å²) in [6.45, 7) is 5.91. The summed E-state index contributed by atoms with van der Waals surface area (Å²) in [7, 11) is 0. The number of aryl methyl sites for hydroxylation is 1. The second-order valence-electron chi connectivity index (χ2n) is 11.2. The van der Waals surface area contributed by atoms with Crippen LogP contribution in [0.5, 0.6) is 0 Å². The molecule has 2 aliphatic rings. The van der Waals surface area contributed by atoms with Gasteiger partial charge in [0.15, 0.2) is 5.82 Å². The molecule has 40 heavy (non-hydrogen) atoms. The van der Waals surface area contributed by atoms with Crippen molar-refractivity contribution >= 4 is 22.2 Å². The molecule has 0 spiro atoms. The maximum absolute atomic E-state index is 6.47. The van der Waals surface area contributed by atoms with Crippen LogP contribution in [0.1, 0.15) is 55.8 Å². The molecule has 0 amide bonds. The van der Waals surface area contributed by atoms with Gasteiger partial charge in [-0.25, -0.2) is 14.5 Å². The van der Waals surface area contributed by atoms with Crippen LogP contribution in [0.15, 0.2) is 54.9 Å². The van der Waals surface area contributed by atoms with Crippen LogP contribution in [-0.2, 0) is 32.7 Å². The Hall–Kier alpha value is -2.74. The predicted molar refractivity (Wildman–Crippen MR) is 155 cm³/mol. The fraction of sp³-hybridized carbons (Fsp3) is 0.375. The van der Waals surface area contributed by atoms with Gasteiger partial charge >= 0.3 is 0 Å². The number of imidazole rings is 1. The third kappa shape index (κ3) is 5.08. The molecule has 4 heterocycles. The second kappa shape index (κ2) is 11.6. The topological polar surface area (TPSA) is 85.2 Å². The molecule has 8 heteroatoms. The first-order chi connectivity index (χ1) is 19.2. The van der Waals surface area contributed by atoms with Gasteiger partial charge in [0.2, 0.25) is 0 Å². The van der Waals surface area contributed by atoms with Gasteiger partial charge in [0.05, 0.1) is 0 Å². The Bertz CT molecular complexity index is 1630. The van der Waals surface area contributed by atoms with E-state index in [2.05, 4.69) is 52.2 Å². The molecule has 0 bridgehead atoms. The molecule has 201 valence electrons. The first-order valence-electron chi connectivity index (χ1n) is 14.2. The summed E-state index contributed by atoms with van der Waals surface area (Å²) in [6.07, 6.45) is 9.00. The van der Waals surface area contributed by atoms with E-state index in [1.54, 1.807) is 6.33 Å². The maximum Gasteiger partial charge on any atom is 0.153 e. The van der Waals surface area contributed by atoms with E-state index in [1.165, 1.54) is 45.3 Å². The molecule has 1 saturated heterocycles. The van der Waals surface area contributed by atoms with Crippen LogP contribution >= 0.6 is 0 Å². The fourth-order valence-corrected chi connectivity index (χ4v) is 6.64. The molecule has 1 aliphatic heterocycles. The minimum Gasteiger partial charge on any atom is -0.382 e. The predicted octanol–water partition coefficient (Wildman–Crippen LogP) is 6.06. The summed E-state index contributed by atoms with van der Waals surface area (Å²) >= 11 is 0. The van der Waals surface area contributed by atoms with E-state index in [1.807, 2.05) is 28.8 Å². The molecular formula is C32H34N7Y-. The second-order valence-corrected chi connectivity index (χ2v) is 11.2. The molecule has 2 fully saturated rings. The normalized spacial score (nSPS) is 19.7. The zero-order valence-corrected chi connectivity index (χ0v) is 25.9. The maximum atomic E-state index is 6.47. The molecule has 3 aromatic heterocycles. The first kappa shape index (κ1) is 27.4. The molecular weight excluding hydrogens is 571 g/mol. The molecule has 1 radical (unpaired) electrons. The Labute approximate surface area is 260 Å². The van der Waals surface area contributed by atoms with Crippen molar-refractivity contribution in [2.45, 2.75) is 51.4 Å². The molecule has 7 rings (SSSR count). The van der Waals surface area contributed by atoms with Crippen LogP contribution in [-0.4, -0.2) is 49.1 Å². The largest absolute Gasteiger partial charge is 0.382 e. The van der Waals surface area contributed by atoms with E-state index in [9.17, 15) is 0 Å². The zero-order chi connectivity index (χ0) is 26.3. The molecule has 5 aromatic rings. The Morgan fingerprint density at radius 3 is 2.52 bits per heavy atom. The van der Waals surface area contributed by atoms with Crippen LogP contribution < -0.4 is 5.73 Å². The van der Waals surface area contributed by atoms with Crippen LogP contribution in [0.2, 0.25) is 0 Å². The number of nitrogens with two attached hydrogens (primary N) is 1. The molecule has 7 nitrogen and oxygen atoms in total. The molecule has 2 N–H and O–H groups in total. The van der Waals surface area contributed by atoms with E-state index in [-0.39, 0.29) is 32.7 Å². The number of nitrogen functional groups attached to an aromatic ring is 1. The molecule has 1 aliphatic carbocycles. The van der Waals surface area contributed by atoms with Gasteiger partial charge in [-0.2, -0.15) is 5.10 Å². The number of pyridine rings is 1. The average molecular weight is 606 g/mol. The number of anilines is 1. The third-order valence-corrected chi connectivity index (χ3v) is 8.77. The standard InChI is InChI=1S/C32H34N7.Y/c1-21-26(15-13-24-14-16-27(36-28(21)24)23-7-3-2-4-8-23)29-30-31(33)34-20-35-39(30)32(37-29)25-11-9-22(10-12-25)19-38-17-5-6-18-38;/h2-4,7-8,13,15-16,20,22,25H,5-6,9-12,17-19H2,1H3,(H2,33,34,35);/q-1;. The van der Waals surface area contributed by atoms with Crippen molar-refractivity contribution in [1.82, 2.24) is 29.5 Å². The number of aromatic nitrogens is 5. The van der Waals surface area contributed by atoms with Gasteiger partial charge in [-0.05, 0) is 86.8 Å². The van der Waals surface area contributed by atoms with Gasteiger partial charge in [0.25, 0.3) is 0 Å². The van der Waals surface area contributed by atoms with Gasteiger partial charge in [0.1, 0.15) is 23.4 Å². The monoisotopic (exact) mass is 605 g/mol. The Morgan fingerprint density at radius 2 is 1.75 bits per heavy atom. The molecule has 0 atom stereocenters. The summed E-state index contributed by atoms with van der Waals surface area (Å²) in [5, 5.41) is 5.63. The van der Waals surface area contributed by atoms with Gasteiger partial charge in [-0.3, -0.25) is 0 Å². The SMILES string of the molecule is Cc1c(-c2nc(C3CCC(CN4CCCC4)CC3)n3ncnc(N)c23)ccc2[c-]cc(-c3ccccc3)nc12.[Y]. The van der Waals surface area contributed by atoms with Crippen molar-refractivity contribution < 1.29 is 32.7 Å². The Morgan fingerprint density at radius 1 is 0.975 bits per heavy atom. The van der Waals surface area contributed by atoms with E-state index < -0.39 is 0 Å². The number of hydrogen-bond donors (Lipinski definition) is 1. The summed E-state index contributed by atoms with van der Waals surface area (Å²) in [5.41, 5.74) is 13.1. The van der Waals surface area contributed by atoms with Crippen molar-refractivity contribution in [3.63, 3.8) is 0 Å². The van der Waals surface area contributed by atoms with Gasteiger partial charge < -0.3 is 15.6 Å². The fourth-order valence-electron chi connectivity index (χ4n) is 6.64. The average Bonchev–Trinajstić information content (AvgIpc) is 3.63. The van der Waals surface area contributed by atoms with E-state index in [4.69, 9.17) is 15.7 Å². The van der Waals surface area contributed by atoms with E-state index in [0.29, 0.717) is 11.7 Å². The molecule has 1 saturated carbocycles. The Balaban J connectivity index is 0.00000289. The van der Waals surface area contributed by atoms with Crippen molar-refractivity contribution in [1.29, 1.82) is 0 Å². The summed E-state index contributed by atoms with van der Waals surface area (Å²) in [5.74, 6) is 2.62. The van der Waals surface area contributed by atoms with Crippen LogP contribution in [0, 0.1) is 18.9 Å². The quantitative estimate of drug-likeness (QED) is 0.245. The minimum atomic E-state index is 0. The molecule has 0 unspecified atom stereocenters. The summed E-state index contributed by atoms with van der Waals surface area (Å²) in [4.78, 5) is 17.3. The minimum absolute atomic E-state index is 0. The number of nitrogens with zero attached hydrogens (tertiary/aromatic N) is 6. The first-order valence-corrected chi connectivity index (χ1v) is 14.2. The van der Waals surface area contributed by atoms with Crippen molar-refractivity contribution in [3.05, 3.63) is 72.3 Å². The van der Waals surface area contributed by atoms with E-state index in [0.717, 1.165) is 69.1 Å². The van der Waals surface area contributed by atoms with Crippen molar-refractivity contribution in [2.75, 3.05) is 25.4 Å².